The number of benzene rings is 2. The largest absolute Gasteiger partial charge is 0.453 e. The molecule has 0 N–H and O–H groups in total. The molecule has 0 aliphatic carbocycles. The number of hydrogen-bond acceptors (Lipinski definition) is 2. The Balaban J connectivity index is 2.08. The predicted octanol–water partition coefficient (Wildman–Crippen LogP) is 3.90. The number of carbonyl (C=O) groups excluding carboxylic acids is 1. The zero-order valence-electron chi connectivity index (χ0n) is 11.1. The van der Waals surface area contributed by atoms with Crippen molar-refractivity contribution in [3.8, 4) is 0 Å². The number of hydrogen-bond donors (Lipinski definition) is 0. The molecule has 1 heterocycles. The lowest BCUT2D eigenvalue weighted by Gasteiger charge is -2.19. The van der Waals surface area contributed by atoms with Crippen LogP contribution in [0.25, 0.3) is 0 Å². The molecule has 2 aromatic carbocycles. The fourth-order valence-corrected chi connectivity index (χ4v) is 2.58. The Morgan fingerprint density at radius 3 is 2.43 bits per heavy atom. The van der Waals surface area contributed by atoms with Crippen LogP contribution >= 0.6 is 0 Å². The van der Waals surface area contributed by atoms with Gasteiger partial charge in [0, 0.05) is 17.2 Å². The number of halogens is 2. The Bertz CT molecular complexity index is 710. The molecule has 1 aliphatic heterocycles. The Labute approximate surface area is 120 Å². The van der Waals surface area contributed by atoms with Crippen molar-refractivity contribution in [2.45, 2.75) is 12.0 Å². The second kappa shape index (κ2) is 5.13. The number of esters is 1. The standard InChI is InChI=1S/C17H12F2O2/c1-10-15(11-5-3-2-4-6-11)16(21-17(10)20)13-8-7-12(18)9-14(13)19/h2-9,15-16H,1H2/t15-,16+/m0/s1. The Hall–Kier alpha value is -2.49. The lowest BCUT2D eigenvalue weighted by molar-refractivity contribution is -0.139. The smallest absolute Gasteiger partial charge is 0.334 e. The van der Waals surface area contributed by atoms with Crippen LogP contribution in [0.3, 0.4) is 0 Å². The first-order chi connectivity index (χ1) is 10.1. The minimum atomic E-state index is -0.826. The third kappa shape index (κ3) is 2.33. The first kappa shape index (κ1) is 13.5. The highest BCUT2D eigenvalue weighted by atomic mass is 19.1. The number of rotatable bonds is 2. The molecule has 0 amide bonds. The van der Waals surface area contributed by atoms with Crippen LogP contribution in [0.4, 0.5) is 8.78 Å². The highest BCUT2D eigenvalue weighted by Crippen LogP contribution is 2.45. The number of cyclic esters (lactones) is 1. The second-order valence-corrected chi connectivity index (χ2v) is 4.91. The molecule has 0 radical (unpaired) electrons. The lowest BCUT2D eigenvalue weighted by Crippen LogP contribution is -2.09. The summed E-state index contributed by atoms with van der Waals surface area (Å²) in [6.45, 7) is 3.74. The fraction of sp³-hybridized carbons (Fsp3) is 0.118. The van der Waals surface area contributed by atoms with Gasteiger partial charge < -0.3 is 4.74 Å². The normalized spacial score (nSPS) is 21.4. The van der Waals surface area contributed by atoms with Gasteiger partial charge in [-0.25, -0.2) is 13.6 Å². The zero-order valence-corrected chi connectivity index (χ0v) is 11.1. The van der Waals surface area contributed by atoms with Gasteiger partial charge in [-0.05, 0) is 17.7 Å². The third-order valence-corrected chi connectivity index (χ3v) is 3.60. The Kier molecular flexibility index (Phi) is 3.29. The molecule has 1 fully saturated rings. The number of ether oxygens (including phenoxy) is 1. The highest BCUT2D eigenvalue weighted by Gasteiger charge is 2.41. The molecule has 0 bridgehead atoms. The van der Waals surface area contributed by atoms with Crippen LogP contribution < -0.4 is 0 Å². The van der Waals surface area contributed by atoms with Gasteiger partial charge in [0.25, 0.3) is 0 Å². The van der Waals surface area contributed by atoms with E-state index in [0.717, 1.165) is 17.7 Å². The maximum absolute atomic E-state index is 14.0. The van der Waals surface area contributed by atoms with Gasteiger partial charge in [-0.15, -0.1) is 0 Å². The van der Waals surface area contributed by atoms with Crippen molar-refractivity contribution >= 4 is 5.97 Å². The van der Waals surface area contributed by atoms with E-state index in [4.69, 9.17) is 4.74 Å². The monoisotopic (exact) mass is 286 g/mol. The fourth-order valence-electron chi connectivity index (χ4n) is 2.58. The lowest BCUT2D eigenvalue weighted by atomic mass is 9.86. The maximum Gasteiger partial charge on any atom is 0.334 e. The third-order valence-electron chi connectivity index (χ3n) is 3.60. The molecule has 4 heteroatoms. The van der Waals surface area contributed by atoms with Gasteiger partial charge in [-0.2, -0.15) is 0 Å². The zero-order chi connectivity index (χ0) is 15.0. The van der Waals surface area contributed by atoms with E-state index in [1.54, 1.807) is 0 Å². The van der Waals surface area contributed by atoms with E-state index in [0.29, 0.717) is 0 Å². The van der Waals surface area contributed by atoms with Gasteiger partial charge in [0.1, 0.15) is 17.7 Å². The molecular formula is C17H12F2O2. The SMILES string of the molecule is C=C1C(=O)O[C@H](c2ccc(F)cc2F)[C@@H]1c1ccccc1. The average Bonchev–Trinajstić information content (AvgIpc) is 2.75. The summed E-state index contributed by atoms with van der Waals surface area (Å²) in [5.74, 6) is -2.43. The summed E-state index contributed by atoms with van der Waals surface area (Å²) in [7, 11) is 0. The van der Waals surface area contributed by atoms with Gasteiger partial charge in [0.15, 0.2) is 0 Å². The predicted molar refractivity (Wildman–Crippen MR) is 73.5 cm³/mol. The van der Waals surface area contributed by atoms with Crippen molar-refractivity contribution in [3.63, 3.8) is 0 Å². The highest BCUT2D eigenvalue weighted by molar-refractivity contribution is 5.92. The van der Waals surface area contributed by atoms with E-state index in [1.165, 1.54) is 6.07 Å². The molecule has 2 nitrogen and oxygen atoms in total. The first-order valence-corrected chi connectivity index (χ1v) is 6.47. The Morgan fingerprint density at radius 2 is 1.76 bits per heavy atom. The van der Waals surface area contributed by atoms with Gasteiger partial charge in [0.2, 0.25) is 0 Å². The van der Waals surface area contributed by atoms with Crippen LogP contribution in [0.2, 0.25) is 0 Å². The molecule has 106 valence electrons. The summed E-state index contributed by atoms with van der Waals surface area (Å²) in [5.41, 5.74) is 1.23. The van der Waals surface area contributed by atoms with Crippen LogP contribution in [0.1, 0.15) is 23.1 Å². The van der Waals surface area contributed by atoms with Crippen LogP contribution in [0.5, 0.6) is 0 Å². The van der Waals surface area contributed by atoms with E-state index in [1.807, 2.05) is 30.3 Å². The van der Waals surface area contributed by atoms with Crippen LogP contribution in [0.15, 0.2) is 60.7 Å². The van der Waals surface area contributed by atoms with Crippen LogP contribution in [-0.2, 0) is 9.53 Å². The molecule has 2 atom stereocenters. The average molecular weight is 286 g/mol. The number of carbonyl (C=O) groups is 1. The molecule has 1 saturated heterocycles. The van der Waals surface area contributed by atoms with Crippen molar-refractivity contribution in [3.05, 3.63) is 83.4 Å². The van der Waals surface area contributed by atoms with Crippen LogP contribution in [-0.4, -0.2) is 5.97 Å². The summed E-state index contributed by atoms with van der Waals surface area (Å²) in [4.78, 5) is 11.8. The summed E-state index contributed by atoms with van der Waals surface area (Å²) in [6.07, 6.45) is -0.826. The molecule has 21 heavy (non-hydrogen) atoms. The van der Waals surface area contributed by atoms with E-state index in [-0.39, 0.29) is 11.1 Å². The quantitative estimate of drug-likeness (QED) is 0.618. The van der Waals surface area contributed by atoms with Crippen molar-refractivity contribution in [1.82, 2.24) is 0 Å². The summed E-state index contributed by atoms with van der Waals surface area (Å²) < 4.78 is 32.3. The molecular weight excluding hydrogens is 274 g/mol. The van der Waals surface area contributed by atoms with Gasteiger partial charge in [-0.1, -0.05) is 36.9 Å². The second-order valence-electron chi connectivity index (χ2n) is 4.91. The van der Waals surface area contributed by atoms with Crippen molar-refractivity contribution in [1.29, 1.82) is 0 Å². The van der Waals surface area contributed by atoms with Gasteiger partial charge in [-0.3, -0.25) is 0 Å². The summed E-state index contributed by atoms with van der Waals surface area (Å²) in [5, 5.41) is 0. The Morgan fingerprint density at radius 1 is 1.05 bits per heavy atom. The van der Waals surface area contributed by atoms with Crippen molar-refractivity contribution in [2.24, 2.45) is 0 Å². The summed E-state index contributed by atoms with van der Waals surface area (Å²) >= 11 is 0. The topological polar surface area (TPSA) is 26.3 Å². The van der Waals surface area contributed by atoms with E-state index >= 15 is 0 Å². The van der Waals surface area contributed by atoms with E-state index in [9.17, 15) is 13.6 Å². The summed E-state index contributed by atoms with van der Waals surface area (Å²) in [6, 6.07) is 12.4. The van der Waals surface area contributed by atoms with Gasteiger partial charge in [0.05, 0.1) is 5.92 Å². The molecule has 0 spiro atoms. The van der Waals surface area contributed by atoms with Crippen molar-refractivity contribution in [2.75, 3.05) is 0 Å². The maximum atomic E-state index is 14.0. The molecule has 3 rings (SSSR count). The molecule has 1 aliphatic rings. The first-order valence-electron chi connectivity index (χ1n) is 6.47. The minimum Gasteiger partial charge on any atom is -0.453 e. The van der Waals surface area contributed by atoms with Crippen molar-refractivity contribution < 1.29 is 18.3 Å². The molecule has 0 aromatic heterocycles. The molecule has 0 saturated carbocycles. The van der Waals surface area contributed by atoms with Crippen LogP contribution in [0, 0.1) is 11.6 Å². The molecule has 0 unspecified atom stereocenters. The van der Waals surface area contributed by atoms with E-state index < -0.39 is 29.6 Å². The van der Waals surface area contributed by atoms with Gasteiger partial charge >= 0.3 is 5.97 Å². The van der Waals surface area contributed by atoms with E-state index in [2.05, 4.69) is 6.58 Å². The minimum absolute atomic E-state index is 0.150. The molecule has 2 aromatic rings.